The van der Waals surface area contributed by atoms with Gasteiger partial charge in [0.05, 0.1) is 12.0 Å². The number of hydrogen-bond donors (Lipinski definition) is 3. The number of carbonyl (C=O) groups is 1. The molecule has 0 spiro atoms. The minimum absolute atomic E-state index is 0.00999. The lowest BCUT2D eigenvalue weighted by Crippen LogP contribution is -2.50. The number of halogens is 2. The van der Waals surface area contributed by atoms with Crippen molar-refractivity contribution in [3.63, 3.8) is 0 Å². The van der Waals surface area contributed by atoms with Crippen LogP contribution in [0.5, 0.6) is 0 Å². The van der Waals surface area contributed by atoms with Crippen LogP contribution >= 0.6 is 0 Å². The molecule has 0 bridgehead atoms. The molecule has 9 nitrogen and oxygen atoms in total. The molecule has 1 amide bonds. The summed E-state index contributed by atoms with van der Waals surface area (Å²) in [7, 11) is -2.40. The SMILES string of the molecule is COCCNCc1ccc(-c2ccc3c(=O)n(CC[C@](C)(C(=O)NO)S(C)(=O)=O)cc(F)c3c2)c(F)c1. The Hall–Kier alpha value is -3.19. The van der Waals surface area contributed by atoms with Crippen LogP contribution in [0.3, 0.4) is 0 Å². The van der Waals surface area contributed by atoms with Gasteiger partial charge in [0.2, 0.25) is 0 Å². The van der Waals surface area contributed by atoms with Gasteiger partial charge in [0.25, 0.3) is 11.5 Å². The molecule has 0 aliphatic carbocycles. The highest BCUT2D eigenvalue weighted by molar-refractivity contribution is 7.92. The van der Waals surface area contributed by atoms with E-state index in [4.69, 9.17) is 9.94 Å². The van der Waals surface area contributed by atoms with Gasteiger partial charge in [-0.15, -0.1) is 0 Å². The molecule has 0 aliphatic heterocycles. The number of nitrogens with one attached hydrogen (secondary N) is 2. The minimum atomic E-state index is -3.99. The average molecular weight is 538 g/mol. The first-order chi connectivity index (χ1) is 17.4. The number of hydrogen-bond acceptors (Lipinski definition) is 7. The van der Waals surface area contributed by atoms with E-state index >= 15 is 4.39 Å². The van der Waals surface area contributed by atoms with Crippen molar-refractivity contribution in [1.29, 1.82) is 0 Å². The number of aromatic nitrogens is 1. The molecule has 3 rings (SSSR count). The smallest absolute Gasteiger partial charge is 0.264 e. The van der Waals surface area contributed by atoms with Crippen LogP contribution in [-0.4, -0.2) is 55.4 Å². The number of sulfone groups is 1. The molecule has 0 fully saturated rings. The van der Waals surface area contributed by atoms with Crippen molar-refractivity contribution >= 4 is 26.5 Å². The van der Waals surface area contributed by atoms with E-state index in [1.54, 1.807) is 19.2 Å². The number of carbonyl (C=O) groups excluding carboxylic acids is 1. The van der Waals surface area contributed by atoms with Gasteiger partial charge < -0.3 is 14.6 Å². The van der Waals surface area contributed by atoms with Crippen molar-refractivity contribution in [2.45, 2.75) is 31.2 Å². The molecule has 200 valence electrons. The lowest BCUT2D eigenvalue weighted by molar-refractivity contribution is -0.131. The van der Waals surface area contributed by atoms with E-state index < -0.39 is 37.7 Å². The lowest BCUT2D eigenvalue weighted by atomic mass is 10.00. The van der Waals surface area contributed by atoms with Gasteiger partial charge in [0, 0.05) is 50.1 Å². The number of fused-ring (bicyclic) bond motifs is 1. The van der Waals surface area contributed by atoms with Crippen LogP contribution in [0.25, 0.3) is 21.9 Å². The van der Waals surface area contributed by atoms with Gasteiger partial charge in [0.15, 0.2) is 14.6 Å². The third kappa shape index (κ3) is 6.04. The molecule has 0 aliphatic rings. The maximum Gasteiger partial charge on any atom is 0.264 e. The topological polar surface area (TPSA) is 127 Å². The number of methoxy groups -OCH3 is 1. The van der Waals surface area contributed by atoms with E-state index in [2.05, 4.69) is 5.32 Å². The van der Waals surface area contributed by atoms with Gasteiger partial charge in [-0.05, 0) is 42.7 Å². The summed E-state index contributed by atoms with van der Waals surface area (Å²) >= 11 is 0. The fourth-order valence-electron chi connectivity index (χ4n) is 3.91. The molecule has 37 heavy (non-hydrogen) atoms. The van der Waals surface area contributed by atoms with Crippen molar-refractivity contribution in [1.82, 2.24) is 15.4 Å². The molecule has 1 atom stereocenters. The summed E-state index contributed by atoms with van der Waals surface area (Å²) in [4.78, 5) is 25.0. The summed E-state index contributed by atoms with van der Waals surface area (Å²) in [5.41, 5.74) is 2.06. The van der Waals surface area contributed by atoms with Crippen molar-refractivity contribution in [2.24, 2.45) is 0 Å². The Bertz CT molecular complexity index is 1480. The summed E-state index contributed by atoms with van der Waals surface area (Å²) in [5, 5.41) is 12.1. The van der Waals surface area contributed by atoms with E-state index in [1.165, 1.54) is 29.7 Å². The average Bonchev–Trinajstić information content (AvgIpc) is 2.86. The van der Waals surface area contributed by atoms with Gasteiger partial charge in [-0.2, -0.15) is 0 Å². The van der Waals surface area contributed by atoms with Crippen LogP contribution in [0.4, 0.5) is 8.78 Å². The summed E-state index contributed by atoms with van der Waals surface area (Å²) in [6, 6.07) is 8.98. The van der Waals surface area contributed by atoms with Crippen LogP contribution in [0, 0.1) is 11.6 Å². The number of rotatable bonds is 11. The summed E-state index contributed by atoms with van der Waals surface area (Å²) in [6.07, 6.45) is 1.36. The second kappa shape index (κ2) is 11.5. The zero-order chi connectivity index (χ0) is 27.4. The summed E-state index contributed by atoms with van der Waals surface area (Å²) in [5.74, 6) is -2.43. The Morgan fingerprint density at radius 3 is 2.49 bits per heavy atom. The largest absolute Gasteiger partial charge is 0.383 e. The normalized spacial score (nSPS) is 13.5. The summed E-state index contributed by atoms with van der Waals surface area (Å²) < 4.78 is 58.1. The maximum absolute atomic E-state index is 15.1. The lowest BCUT2D eigenvalue weighted by Gasteiger charge is -2.25. The number of amides is 1. The number of benzene rings is 2. The third-order valence-corrected chi connectivity index (χ3v) is 8.45. The van der Waals surface area contributed by atoms with Crippen LogP contribution in [-0.2, 0) is 32.5 Å². The molecule has 1 heterocycles. The third-order valence-electron chi connectivity index (χ3n) is 6.42. The van der Waals surface area contributed by atoms with Crippen LogP contribution in [0.2, 0.25) is 0 Å². The van der Waals surface area contributed by atoms with Gasteiger partial charge in [0.1, 0.15) is 11.6 Å². The van der Waals surface area contributed by atoms with E-state index in [1.807, 2.05) is 0 Å². The second-order valence-electron chi connectivity index (χ2n) is 8.91. The number of ether oxygens (including phenoxy) is 1. The molecule has 0 unspecified atom stereocenters. The van der Waals surface area contributed by atoms with Gasteiger partial charge in [-0.25, -0.2) is 22.7 Å². The van der Waals surface area contributed by atoms with Gasteiger partial charge >= 0.3 is 0 Å². The Labute approximate surface area is 212 Å². The highest BCUT2D eigenvalue weighted by atomic mass is 32.2. The molecule has 3 N–H and O–H groups in total. The van der Waals surface area contributed by atoms with Gasteiger partial charge in [-0.1, -0.05) is 18.2 Å². The predicted molar refractivity (Wildman–Crippen MR) is 135 cm³/mol. The molecule has 1 aromatic heterocycles. The highest BCUT2D eigenvalue weighted by Crippen LogP contribution is 2.28. The Balaban J connectivity index is 1.91. The van der Waals surface area contributed by atoms with Crippen molar-refractivity contribution in [3.8, 4) is 11.1 Å². The quantitative estimate of drug-likeness (QED) is 0.195. The first kappa shape index (κ1) is 28.4. The van der Waals surface area contributed by atoms with E-state index in [-0.39, 0.29) is 29.3 Å². The molecule has 2 aromatic carbocycles. The van der Waals surface area contributed by atoms with Crippen LogP contribution < -0.4 is 16.4 Å². The molecule has 0 radical (unpaired) electrons. The first-order valence-electron chi connectivity index (χ1n) is 11.4. The molecular weight excluding hydrogens is 508 g/mol. The fourth-order valence-corrected chi connectivity index (χ4v) is 4.76. The molecule has 0 saturated heterocycles. The Morgan fingerprint density at radius 1 is 1.14 bits per heavy atom. The highest BCUT2D eigenvalue weighted by Gasteiger charge is 2.43. The minimum Gasteiger partial charge on any atom is -0.383 e. The zero-order valence-corrected chi connectivity index (χ0v) is 21.5. The van der Waals surface area contributed by atoms with Gasteiger partial charge in [-0.3, -0.25) is 14.8 Å². The maximum atomic E-state index is 15.1. The second-order valence-corrected chi connectivity index (χ2v) is 11.4. The number of hydroxylamine groups is 1. The van der Waals surface area contributed by atoms with E-state index in [0.717, 1.165) is 29.5 Å². The Morgan fingerprint density at radius 2 is 1.86 bits per heavy atom. The first-order valence-corrected chi connectivity index (χ1v) is 13.3. The van der Waals surface area contributed by atoms with Crippen LogP contribution in [0.1, 0.15) is 18.9 Å². The molecule has 12 heteroatoms. The number of nitrogens with zero attached hydrogens (tertiary/aromatic N) is 1. The van der Waals surface area contributed by atoms with E-state index in [0.29, 0.717) is 25.3 Å². The standard InChI is InChI=1S/C25H29F2N3O6S/c1-25(24(32)29-33,37(3,34)35)8-10-30-15-22(27)20-13-17(5-7-19(20)23(30)31)18-6-4-16(12-21(18)26)14-28-9-11-36-2/h4-7,12-13,15,28,33H,8-11,14H2,1-3H3,(H,29,32)/t25-/m1/s1. The fraction of sp³-hybridized carbons (Fsp3) is 0.360. The van der Waals surface area contributed by atoms with Crippen LogP contribution in [0.15, 0.2) is 47.4 Å². The predicted octanol–water partition coefficient (Wildman–Crippen LogP) is 2.38. The number of pyridine rings is 1. The van der Waals surface area contributed by atoms with E-state index in [9.17, 15) is 22.4 Å². The van der Waals surface area contributed by atoms with Crippen molar-refractivity contribution in [2.75, 3.05) is 26.5 Å². The monoisotopic (exact) mass is 537 g/mol. The Kier molecular flexibility index (Phi) is 8.80. The summed E-state index contributed by atoms with van der Waals surface area (Å²) in [6.45, 7) is 2.39. The van der Waals surface area contributed by atoms with Crippen molar-refractivity contribution < 1.29 is 31.9 Å². The molecule has 0 saturated carbocycles. The zero-order valence-electron chi connectivity index (χ0n) is 20.7. The molecule has 3 aromatic rings. The molecular formula is C25H29F2N3O6S. The van der Waals surface area contributed by atoms with Crippen molar-refractivity contribution in [3.05, 3.63) is 70.1 Å². The number of aryl methyl sites for hydroxylation is 1.